The first-order chi connectivity index (χ1) is 10.5. The number of fused-ring (bicyclic) bond motifs is 3. The SMILES string of the molecule is CC(C)NC(=O)CC1Nc2c3ccccc3nc(=S)n2C1=O. The number of hydrogen-bond donors (Lipinski definition) is 2. The topological polar surface area (TPSA) is 76.0 Å². The first kappa shape index (κ1) is 14.6. The first-order valence-electron chi connectivity index (χ1n) is 7.09. The van der Waals surface area contributed by atoms with Crippen LogP contribution in [0.3, 0.4) is 0 Å². The van der Waals surface area contributed by atoms with E-state index in [2.05, 4.69) is 15.6 Å². The number of rotatable bonds is 3. The lowest BCUT2D eigenvalue weighted by atomic mass is 10.2. The van der Waals surface area contributed by atoms with Crippen molar-refractivity contribution >= 4 is 40.8 Å². The number of nitrogens with one attached hydrogen (secondary N) is 2. The number of nitrogens with zero attached hydrogens (tertiary/aromatic N) is 2. The van der Waals surface area contributed by atoms with Gasteiger partial charge >= 0.3 is 0 Å². The number of carbonyl (C=O) groups excluding carboxylic acids is 2. The van der Waals surface area contributed by atoms with Gasteiger partial charge in [0, 0.05) is 11.4 Å². The van der Waals surface area contributed by atoms with Crippen LogP contribution in [-0.4, -0.2) is 33.4 Å². The van der Waals surface area contributed by atoms with Crippen LogP contribution in [0.2, 0.25) is 0 Å². The standard InChI is InChI=1S/C15H16N4O2S/c1-8(2)16-12(20)7-11-14(21)19-13(17-11)9-5-3-4-6-10(9)18-15(19)22/h3-6,8,11,17H,7H2,1-2H3,(H,16,20). The third-order valence-corrected chi connectivity index (χ3v) is 3.73. The summed E-state index contributed by atoms with van der Waals surface area (Å²) in [6.45, 7) is 3.76. The highest BCUT2D eigenvalue weighted by molar-refractivity contribution is 7.71. The summed E-state index contributed by atoms with van der Waals surface area (Å²) in [6.07, 6.45) is 0.0712. The molecule has 0 aliphatic carbocycles. The second kappa shape index (κ2) is 5.49. The fraction of sp³-hybridized carbons (Fsp3) is 0.333. The molecule has 1 aromatic heterocycles. The van der Waals surface area contributed by atoms with Crippen LogP contribution in [0, 0.1) is 4.77 Å². The number of anilines is 1. The summed E-state index contributed by atoms with van der Waals surface area (Å²) in [4.78, 5) is 28.7. The van der Waals surface area contributed by atoms with Gasteiger partial charge in [-0.05, 0) is 38.2 Å². The maximum absolute atomic E-state index is 12.5. The molecular weight excluding hydrogens is 300 g/mol. The zero-order chi connectivity index (χ0) is 15.9. The summed E-state index contributed by atoms with van der Waals surface area (Å²) >= 11 is 5.21. The Morgan fingerprint density at radius 1 is 1.45 bits per heavy atom. The summed E-state index contributed by atoms with van der Waals surface area (Å²) in [5, 5.41) is 6.72. The monoisotopic (exact) mass is 316 g/mol. The van der Waals surface area contributed by atoms with E-state index in [1.807, 2.05) is 38.1 Å². The average molecular weight is 316 g/mol. The number of aromatic nitrogens is 2. The summed E-state index contributed by atoms with van der Waals surface area (Å²) in [6, 6.07) is 6.88. The quantitative estimate of drug-likeness (QED) is 0.848. The molecule has 114 valence electrons. The Labute approximate surface area is 132 Å². The van der Waals surface area contributed by atoms with Gasteiger partial charge in [-0.1, -0.05) is 12.1 Å². The van der Waals surface area contributed by atoms with E-state index in [1.165, 1.54) is 4.57 Å². The Morgan fingerprint density at radius 2 is 2.18 bits per heavy atom. The number of carbonyl (C=O) groups is 2. The molecule has 0 saturated heterocycles. The van der Waals surface area contributed by atoms with E-state index in [4.69, 9.17) is 12.2 Å². The Morgan fingerprint density at radius 3 is 2.91 bits per heavy atom. The minimum Gasteiger partial charge on any atom is -0.358 e. The fourth-order valence-corrected chi connectivity index (χ4v) is 2.85. The second-order valence-corrected chi connectivity index (χ2v) is 5.92. The molecule has 0 radical (unpaired) electrons. The van der Waals surface area contributed by atoms with Crippen LogP contribution in [0.4, 0.5) is 5.82 Å². The molecule has 0 spiro atoms. The normalized spacial score (nSPS) is 16.7. The highest BCUT2D eigenvalue weighted by Crippen LogP contribution is 2.28. The van der Waals surface area contributed by atoms with Gasteiger partial charge < -0.3 is 10.6 Å². The molecule has 1 aliphatic heterocycles. The maximum atomic E-state index is 12.5. The molecule has 22 heavy (non-hydrogen) atoms. The smallest absolute Gasteiger partial charge is 0.257 e. The van der Waals surface area contributed by atoms with Gasteiger partial charge in [0.25, 0.3) is 5.91 Å². The average Bonchev–Trinajstić information content (AvgIpc) is 2.76. The summed E-state index contributed by atoms with van der Waals surface area (Å²) in [7, 11) is 0. The van der Waals surface area contributed by atoms with Crippen LogP contribution in [0.1, 0.15) is 25.1 Å². The van der Waals surface area contributed by atoms with Crippen LogP contribution < -0.4 is 10.6 Å². The number of para-hydroxylation sites is 1. The van der Waals surface area contributed by atoms with Gasteiger partial charge in [0.2, 0.25) is 10.7 Å². The largest absolute Gasteiger partial charge is 0.358 e. The second-order valence-electron chi connectivity index (χ2n) is 5.56. The molecular formula is C15H16N4O2S. The molecule has 0 bridgehead atoms. The van der Waals surface area contributed by atoms with Gasteiger partial charge in [-0.15, -0.1) is 0 Å². The van der Waals surface area contributed by atoms with Crippen LogP contribution in [0.15, 0.2) is 24.3 Å². The molecule has 0 fully saturated rings. The van der Waals surface area contributed by atoms with Crippen LogP contribution in [0.5, 0.6) is 0 Å². The number of hydrogen-bond acceptors (Lipinski definition) is 5. The highest BCUT2D eigenvalue weighted by atomic mass is 32.1. The zero-order valence-corrected chi connectivity index (χ0v) is 13.1. The first-order valence-corrected chi connectivity index (χ1v) is 7.50. The molecule has 1 aromatic carbocycles. The van der Waals surface area contributed by atoms with E-state index in [0.717, 1.165) is 10.9 Å². The predicted molar refractivity (Wildman–Crippen MR) is 86.5 cm³/mol. The molecule has 6 nitrogen and oxygen atoms in total. The van der Waals surface area contributed by atoms with E-state index in [-0.39, 0.29) is 29.0 Å². The predicted octanol–water partition coefficient (Wildman–Crippen LogP) is 2.11. The van der Waals surface area contributed by atoms with Crippen molar-refractivity contribution in [1.82, 2.24) is 14.9 Å². The molecule has 1 aliphatic rings. The van der Waals surface area contributed by atoms with Gasteiger partial charge in [-0.2, -0.15) is 0 Å². The highest BCUT2D eigenvalue weighted by Gasteiger charge is 2.33. The summed E-state index contributed by atoms with van der Waals surface area (Å²) < 4.78 is 1.59. The molecule has 2 N–H and O–H groups in total. The molecule has 2 heterocycles. The Kier molecular flexibility index (Phi) is 3.66. The molecule has 7 heteroatoms. The minimum absolute atomic E-state index is 0.0380. The summed E-state index contributed by atoms with van der Waals surface area (Å²) in [5.41, 5.74) is 0.728. The molecule has 3 rings (SSSR count). The molecule has 2 aromatic rings. The minimum atomic E-state index is -0.618. The van der Waals surface area contributed by atoms with Crippen molar-refractivity contribution < 1.29 is 9.59 Å². The van der Waals surface area contributed by atoms with E-state index in [9.17, 15) is 9.59 Å². The van der Waals surface area contributed by atoms with Gasteiger partial charge in [0.15, 0.2) is 0 Å². The number of benzene rings is 1. The van der Waals surface area contributed by atoms with Crippen molar-refractivity contribution in [2.45, 2.75) is 32.4 Å². The van der Waals surface area contributed by atoms with Gasteiger partial charge in [-0.25, -0.2) is 9.55 Å². The van der Waals surface area contributed by atoms with E-state index in [0.29, 0.717) is 5.82 Å². The van der Waals surface area contributed by atoms with Gasteiger partial charge in [-0.3, -0.25) is 9.59 Å². The van der Waals surface area contributed by atoms with Crippen molar-refractivity contribution in [3.05, 3.63) is 29.0 Å². The Balaban J connectivity index is 1.97. The molecule has 1 unspecified atom stereocenters. The van der Waals surface area contributed by atoms with E-state index in [1.54, 1.807) is 0 Å². The molecule has 0 saturated carbocycles. The Bertz CT molecular complexity index is 828. The van der Waals surface area contributed by atoms with Crippen molar-refractivity contribution in [2.75, 3.05) is 5.32 Å². The van der Waals surface area contributed by atoms with Crippen molar-refractivity contribution in [3.63, 3.8) is 0 Å². The number of amides is 1. The van der Waals surface area contributed by atoms with Crippen molar-refractivity contribution in [2.24, 2.45) is 0 Å². The van der Waals surface area contributed by atoms with E-state index < -0.39 is 6.04 Å². The summed E-state index contributed by atoms with van der Waals surface area (Å²) in [5.74, 6) is 0.206. The maximum Gasteiger partial charge on any atom is 0.257 e. The van der Waals surface area contributed by atoms with E-state index >= 15 is 0 Å². The fourth-order valence-electron chi connectivity index (χ4n) is 2.57. The van der Waals surface area contributed by atoms with Crippen molar-refractivity contribution in [3.8, 4) is 0 Å². The lowest BCUT2D eigenvalue weighted by Crippen LogP contribution is -2.36. The third kappa shape index (κ3) is 2.48. The zero-order valence-electron chi connectivity index (χ0n) is 12.3. The lowest BCUT2D eigenvalue weighted by molar-refractivity contribution is -0.121. The van der Waals surface area contributed by atoms with Crippen molar-refractivity contribution in [1.29, 1.82) is 0 Å². The molecule has 1 amide bonds. The lowest BCUT2D eigenvalue weighted by Gasteiger charge is -2.11. The van der Waals surface area contributed by atoms with Crippen LogP contribution in [0.25, 0.3) is 10.9 Å². The Hall–Kier alpha value is -2.28. The molecule has 1 atom stereocenters. The van der Waals surface area contributed by atoms with Gasteiger partial charge in [0.1, 0.15) is 11.9 Å². The van der Waals surface area contributed by atoms with Crippen LogP contribution >= 0.6 is 12.2 Å². The van der Waals surface area contributed by atoms with Gasteiger partial charge in [0.05, 0.1) is 11.9 Å². The van der Waals surface area contributed by atoms with Crippen LogP contribution in [-0.2, 0) is 4.79 Å². The third-order valence-electron chi connectivity index (χ3n) is 3.46.